The maximum absolute atomic E-state index is 14.3. The van der Waals surface area contributed by atoms with Crippen LogP contribution >= 0.6 is 11.3 Å². The van der Waals surface area contributed by atoms with Crippen molar-refractivity contribution in [2.75, 3.05) is 12.1 Å². The van der Waals surface area contributed by atoms with Crippen LogP contribution < -0.4 is 14.5 Å². The Bertz CT molecular complexity index is 733. The van der Waals surface area contributed by atoms with Crippen LogP contribution in [0.3, 0.4) is 0 Å². The molecule has 8 heteroatoms. The third-order valence-corrected chi connectivity index (χ3v) is 3.87. The van der Waals surface area contributed by atoms with Gasteiger partial charge in [0.25, 0.3) is 5.19 Å². The van der Waals surface area contributed by atoms with Gasteiger partial charge in [-0.1, -0.05) is 11.3 Å². The molecule has 0 N–H and O–H groups in total. The molecule has 6 nitrogen and oxygen atoms in total. The molecular weight excluding hydrogens is 321 g/mol. The lowest BCUT2D eigenvalue weighted by atomic mass is 10.1. The topological polar surface area (TPSA) is 64.0 Å². The smallest absolute Gasteiger partial charge is 0.273 e. The molecule has 0 aliphatic heterocycles. The van der Waals surface area contributed by atoms with Gasteiger partial charge in [0.15, 0.2) is 0 Å². The maximum atomic E-state index is 14.3. The molecule has 1 heterocycles. The predicted octanol–water partition coefficient (Wildman–Crippen LogP) is 3.15. The van der Waals surface area contributed by atoms with E-state index in [0.29, 0.717) is 16.5 Å². The Kier molecular flexibility index (Phi) is 5.28. The van der Waals surface area contributed by atoms with Gasteiger partial charge < -0.3 is 9.47 Å². The lowest BCUT2D eigenvalue weighted by Gasteiger charge is -2.20. The van der Waals surface area contributed by atoms with E-state index in [1.807, 2.05) is 12.3 Å². The quantitative estimate of drug-likeness (QED) is 0.600. The summed E-state index contributed by atoms with van der Waals surface area (Å²) in [5.41, 5.74) is 1.14. The number of ether oxygens (including phenoxy) is 2. The molecule has 0 saturated carbocycles. The van der Waals surface area contributed by atoms with Crippen molar-refractivity contribution in [2.24, 2.45) is 5.10 Å². The van der Waals surface area contributed by atoms with E-state index in [1.54, 1.807) is 0 Å². The van der Waals surface area contributed by atoms with Gasteiger partial charge in [-0.3, -0.25) is 4.79 Å². The first-order valence-electron chi connectivity index (χ1n) is 6.65. The Morgan fingerprint density at radius 1 is 1.52 bits per heavy atom. The number of hydrogen-bond donors (Lipinski definition) is 0. The van der Waals surface area contributed by atoms with Gasteiger partial charge in [-0.05, 0) is 19.1 Å². The van der Waals surface area contributed by atoms with E-state index in [2.05, 4.69) is 16.8 Å². The first-order valence-corrected chi connectivity index (χ1v) is 7.53. The number of carbonyl (C=O) groups excluding carboxylic acids is 1. The number of carbonyl (C=O) groups is 1. The second kappa shape index (κ2) is 7.19. The molecule has 0 atom stereocenters. The average Bonchev–Trinajstić information content (AvgIpc) is 2.93. The van der Waals surface area contributed by atoms with E-state index in [1.165, 1.54) is 37.5 Å². The summed E-state index contributed by atoms with van der Waals surface area (Å²) in [5, 5.41) is 6.75. The van der Waals surface area contributed by atoms with Gasteiger partial charge in [-0.25, -0.2) is 9.37 Å². The van der Waals surface area contributed by atoms with Crippen molar-refractivity contribution in [2.45, 2.75) is 20.5 Å². The molecule has 23 heavy (non-hydrogen) atoms. The van der Waals surface area contributed by atoms with Gasteiger partial charge in [-0.2, -0.15) is 10.1 Å². The second-order valence-corrected chi connectivity index (χ2v) is 5.41. The average molecular weight is 337 g/mol. The third-order valence-electron chi connectivity index (χ3n) is 3.00. The highest BCUT2D eigenvalue weighted by Gasteiger charge is 2.23. The van der Waals surface area contributed by atoms with Crippen LogP contribution in [0.1, 0.15) is 18.2 Å². The SMILES string of the molecule is C=NN(C(C)=O)c1c(F)ccc(OC)c1COc1nc(C)cs1. The van der Waals surface area contributed by atoms with Crippen molar-refractivity contribution in [1.29, 1.82) is 0 Å². The summed E-state index contributed by atoms with van der Waals surface area (Å²) in [4.78, 5) is 15.9. The van der Waals surface area contributed by atoms with Gasteiger partial charge in [0, 0.05) is 19.0 Å². The minimum atomic E-state index is -0.623. The van der Waals surface area contributed by atoms with E-state index in [-0.39, 0.29) is 12.3 Å². The molecular formula is C15H16FN3O3S. The summed E-state index contributed by atoms with van der Waals surface area (Å²) < 4.78 is 25.1. The first kappa shape index (κ1) is 16.9. The van der Waals surface area contributed by atoms with Gasteiger partial charge in [0.05, 0.1) is 18.4 Å². The summed E-state index contributed by atoms with van der Waals surface area (Å²) in [6, 6.07) is 2.67. The molecule has 0 aliphatic rings. The summed E-state index contributed by atoms with van der Waals surface area (Å²) in [6.45, 7) is 6.40. The standard InChI is InChI=1S/C15H16FN3O3S/c1-9-8-23-15(18-9)22-7-11-13(21-4)6-5-12(16)14(11)19(17-3)10(2)20/h5-6,8H,3,7H2,1-2,4H3. The van der Waals surface area contributed by atoms with Crippen LogP contribution in [0, 0.1) is 12.7 Å². The fourth-order valence-electron chi connectivity index (χ4n) is 2.01. The van der Waals surface area contributed by atoms with Crippen molar-refractivity contribution in [3.63, 3.8) is 0 Å². The number of aromatic nitrogens is 1. The number of anilines is 1. The van der Waals surface area contributed by atoms with Crippen LogP contribution in [0.5, 0.6) is 10.9 Å². The molecule has 0 saturated heterocycles. The number of amides is 1. The van der Waals surface area contributed by atoms with Crippen LogP contribution in [0.4, 0.5) is 10.1 Å². The van der Waals surface area contributed by atoms with Gasteiger partial charge in [0.2, 0.25) is 5.91 Å². The molecule has 0 aliphatic carbocycles. The van der Waals surface area contributed by atoms with E-state index in [4.69, 9.17) is 9.47 Å². The Balaban J connectivity index is 2.43. The highest BCUT2D eigenvalue weighted by molar-refractivity contribution is 7.11. The molecule has 0 bridgehead atoms. The minimum Gasteiger partial charge on any atom is -0.496 e. The first-order chi connectivity index (χ1) is 11.0. The van der Waals surface area contributed by atoms with E-state index >= 15 is 0 Å². The largest absolute Gasteiger partial charge is 0.496 e. The summed E-state index contributed by atoms with van der Waals surface area (Å²) in [7, 11) is 1.45. The zero-order valence-corrected chi connectivity index (χ0v) is 13.8. The van der Waals surface area contributed by atoms with Crippen LogP contribution in [0.25, 0.3) is 0 Å². The Morgan fingerprint density at radius 2 is 2.26 bits per heavy atom. The predicted molar refractivity (Wildman–Crippen MR) is 86.8 cm³/mol. The Labute approximate surface area is 137 Å². The molecule has 1 aromatic heterocycles. The van der Waals surface area contributed by atoms with Gasteiger partial charge in [0.1, 0.15) is 23.9 Å². The minimum absolute atomic E-state index is 0.0253. The summed E-state index contributed by atoms with van der Waals surface area (Å²) >= 11 is 1.33. The second-order valence-electron chi connectivity index (χ2n) is 4.59. The number of thiazole rings is 1. The molecule has 0 spiro atoms. The van der Waals surface area contributed by atoms with Crippen molar-refractivity contribution >= 4 is 29.6 Å². The zero-order valence-electron chi connectivity index (χ0n) is 13.0. The van der Waals surface area contributed by atoms with Crippen LogP contribution in [0.2, 0.25) is 0 Å². The highest BCUT2D eigenvalue weighted by atomic mass is 32.1. The van der Waals surface area contributed by atoms with E-state index in [0.717, 1.165) is 10.7 Å². The lowest BCUT2D eigenvalue weighted by molar-refractivity contribution is -0.116. The zero-order chi connectivity index (χ0) is 17.0. The normalized spacial score (nSPS) is 10.3. The Morgan fingerprint density at radius 3 is 2.78 bits per heavy atom. The molecule has 2 rings (SSSR count). The molecule has 1 aromatic carbocycles. The number of rotatable bonds is 6. The van der Waals surface area contributed by atoms with Gasteiger partial charge >= 0.3 is 0 Å². The lowest BCUT2D eigenvalue weighted by Crippen LogP contribution is -2.24. The molecule has 0 unspecified atom stereocenters. The Hall–Kier alpha value is -2.48. The molecule has 0 radical (unpaired) electrons. The summed E-state index contributed by atoms with van der Waals surface area (Å²) in [5.74, 6) is -0.717. The number of nitrogens with zero attached hydrogens (tertiary/aromatic N) is 3. The number of hydrogen-bond acceptors (Lipinski definition) is 6. The molecule has 1 amide bonds. The van der Waals surface area contributed by atoms with E-state index < -0.39 is 11.7 Å². The monoisotopic (exact) mass is 337 g/mol. The maximum Gasteiger partial charge on any atom is 0.273 e. The van der Waals surface area contributed by atoms with E-state index in [9.17, 15) is 9.18 Å². The van der Waals surface area contributed by atoms with Crippen LogP contribution in [0.15, 0.2) is 22.6 Å². The van der Waals surface area contributed by atoms with Crippen LogP contribution in [-0.4, -0.2) is 24.7 Å². The summed E-state index contributed by atoms with van der Waals surface area (Å²) in [6.07, 6.45) is 0. The van der Waals surface area contributed by atoms with Crippen LogP contribution in [-0.2, 0) is 11.4 Å². The fraction of sp³-hybridized carbons (Fsp3) is 0.267. The fourth-order valence-corrected chi connectivity index (χ4v) is 2.66. The van der Waals surface area contributed by atoms with Crippen molar-refractivity contribution in [3.05, 3.63) is 34.6 Å². The number of benzene rings is 1. The molecule has 122 valence electrons. The molecule has 0 fully saturated rings. The van der Waals surface area contributed by atoms with Crippen molar-refractivity contribution < 1.29 is 18.7 Å². The third kappa shape index (κ3) is 3.65. The number of aryl methyl sites for hydroxylation is 1. The van der Waals surface area contributed by atoms with Crippen molar-refractivity contribution in [1.82, 2.24) is 4.98 Å². The van der Waals surface area contributed by atoms with Crippen molar-refractivity contribution in [3.8, 4) is 10.9 Å². The number of methoxy groups -OCH3 is 1. The number of hydrazone groups is 1. The highest BCUT2D eigenvalue weighted by Crippen LogP contribution is 2.34. The number of halogens is 1. The van der Waals surface area contributed by atoms with Gasteiger partial charge in [-0.15, -0.1) is 0 Å². The molecule has 2 aromatic rings.